The summed E-state index contributed by atoms with van der Waals surface area (Å²) in [5.74, 6) is -0.736. The molecule has 31 heavy (non-hydrogen) atoms. The van der Waals surface area contributed by atoms with Crippen LogP contribution in [0.2, 0.25) is 0 Å². The molecule has 4 rings (SSSR count). The van der Waals surface area contributed by atoms with Gasteiger partial charge >= 0.3 is 12.2 Å². The number of hydrogen-bond acceptors (Lipinski definition) is 2. The largest absolute Gasteiger partial charge is 0.418 e. The van der Waals surface area contributed by atoms with Crippen LogP contribution in [0.1, 0.15) is 24.1 Å². The Bertz CT molecular complexity index is 1220. The van der Waals surface area contributed by atoms with E-state index in [0.29, 0.717) is 5.56 Å². The normalized spacial score (nSPS) is 16.6. The molecule has 1 heterocycles. The van der Waals surface area contributed by atoms with Crippen molar-refractivity contribution in [1.29, 1.82) is 0 Å². The second-order valence-corrected chi connectivity index (χ2v) is 7.17. The molecule has 0 radical (unpaired) electrons. The topological polar surface area (TPSA) is 70.2 Å². The highest BCUT2D eigenvalue weighted by molar-refractivity contribution is 6.07. The molecule has 0 spiro atoms. The molecule has 5 nitrogen and oxygen atoms in total. The van der Waals surface area contributed by atoms with Crippen molar-refractivity contribution < 1.29 is 22.8 Å². The van der Waals surface area contributed by atoms with Crippen LogP contribution in [0.5, 0.6) is 0 Å². The molecule has 3 aromatic carbocycles. The van der Waals surface area contributed by atoms with Crippen molar-refractivity contribution in [3.63, 3.8) is 0 Å². The summed E-state index contributed by atoms with van der Waals surface area (Å²) in [6.07, 6.45) is -4.62. The highest BCUT2D eigenvalue weighted by atomic mass is 19.4. The number of halogens is 3. The Labute approximate surface area is 175 Å². The number of amides is 3. The first-order valence-electron chi connectivity index (χ1n) is 9.48. The number of benzene rings is 3. The third kappa shape index (κ3) is 4.09. The van der Waals surface area contributed by atoms with Gasteiger partial charge in [-0.25, -0.2) is 4.79 Å². The molecule has 1 aliphatic rings. The Morgan fingerprint density at radius 3 is 2.39 bits per heavy atom. The zero-order chi connectivity index (χ0) is 22.2. The van der Waals surface area contributed by atoms with Crippen molar-refractivity contribution in [2.45, 2.75) is 19.1 Å². The summed E-state index contributed by atoms with van der Waals surface area (Å²) in [7, 11) is 0. The minimum atomic E-state index is -4.62. The van der Waals surface area contributed by atoms with Crippen molar-refractivity contribution in [3.05, 3.63) is 89.1 Å². The Balaban J connectivity index is 1.73. The number of urea groups is 1. The highest BCUT2D eigenvalue weighted by Crippen LogP contribution is 2.36. The third-order valence-electron chi connectivity index (χ3n) is 5.10. The average Bonchev–Trinajstić information content (AvgIpc) is 2.72. The average molecular weight is 425 g/mol. The van der Waals surface area contributed by atoms with Gasteiger partial charge in [0.2, 0.25) is 0 Å². The number of carbonyl (C=O) groups excluding carboxylic acids is 2. The second-order valence-electron chi connectivity index (χ2n) is 7.17. The first-order chi connectivity index (χ1) is 14.7. The number of hydrogen-bond donors (Lipinski definition) is 3. The quantitative estimate of drug-likeness (QED) is 0.545. The maximum absolute atomic E-state index is 13.3. The monoisotopic (exact) mass is 425 g/mol. The Morgan fingerprint density at radius 2 is 1.65 bits per heavy atom. The predicted octanol–water partition coefficient (Wildman–Crippen LogP) is 5.13. The molecule has 0 unspecified atom stereocenters. The fraction of sp³-hybridized carbons (Fsp3) is 0.130. The van der Waals surface area contributed by atoms with E-state index < -0.39 is 29.7 Å². The second kappa shape index (κ2) is 7.79. The van der Waals surface area contributed by atoms with Crippen LogP contribution in [0, 0.1) is 0 Å². The number of nitrogens with one attached hydrogen (secondary N) is 3. The summed E-state index contributed by atoms with van der Waals surface area (Å²) in [4.78, 5) is 25.2. The summed E-state index contributed by atoms with van der Waals surface area (Å²) in [6, 6.07) is 16.5. The Morgan fingerprint density at radius 1 is 0.968 bits per heavy atom. The lowest BCUT2D eigenvalue weighted by Crippen LogP contribution is -2.46. The zero-order valence-electron chi connectivity index (χ0n) is 16.4. The first kappa shape index (κ1) is 20.5. The maximum atomic E-state index is 13.3. The van der Waals surface area contributed by atoms with Crippen LogP contribution in [0.25, 0.3) is 10.8 Å². The summed E-state index contributed by atoms with van der Waals surface area (Å²) in [5.41, 5.74) is -0.260. The van der Waals surface area contributed by atoms with Crippen molar-refractivity contribution in [2.75, 3.05) is 5.32 Å². The smallest absolute Gasteiger partial charge is 0.327 e. The molecule has 3 N–H and O–H groups in total. The molecule has 1 aliphatic heterocycles. The molecular weight excluding hydrogens is 407 g/mol. The van der Waals surface area contributed by atoms with E-state index in [-0.39, 0.29) is 17.0 Å². The van der Waals surface area contributed by atoms with E-state index in [1.807, 2.05) is 36.4 Å². The van der Waals surface area contributed by atoms with Gasteiger partial charge in [0.15, 0.2) is 0 Å². The number of para-hydroxylation sites is 1. The van der Waals surface area contributed by atoms with Crippen LogP contribution in [-0.2, 0) is 11.0 Å². The van der Waals surface area contributed by atoms with Gasteiger partial charge in [-0.3, -0.25) is 4.79 Å². The van der Waals surface area contributed by atoms with E-state index in [1.165, 1.54) is 25.1 Å². The lowest BCUT2D eigenvalue weighted by Gasteiger charge is -2.29. The molecule has 0 aromatic heterocycles. The van der Waals surface area contributed by atoms with E-state index >= 15 is 0 Å². The minimum absolute atomic E-state index is 0.131. The van der Waals surface area contributed by atoms with Gasteiger partial charge in [-0.2, -0.15) is 13.2 Å². The predicted molar refractivity (Wildman–Crippen MR) is 111 cm³/mol. The van der Waals surface area contributed by atoms with Crippen molar-refractivity contribution >= 4 is 28.4 Å². The van der Waals surface area contributed by atoms with E-state index in [4.69, 9.17) is 0 Å². The summed E-state index contributed by atoms with van der Waals surface area (Å²) >= 11 is 0. The van der Waals surface area contributed by atoms with Gasteiger partial charge in [-0.1, -0.05) is 48.5 Å². The molecule has 158 valence electrons. The number of alkyl halides is 3. The number of anilines is 1. The van der Waals surface area contributed by atoms with Crippen LogP contribution in [0.15, 0.2) is 78.0 Å². The standard InChI is InChI=1S/C23H18F3N3O2/c1-13-19(21(30)28-18-9-5-4-8-17(18)23(24,25)26)20(29-22(31)27-13)16-11-10-14-6-2-3-7-15(14)12-16/h2-12,20H,1H3,(H,28,30)(H2,27,29,31)/t20-/m0/s1. The van der Waals surface area contributed by atoms with Crippen molar-refractivity contribution in [2.24, 2.45) is 0 Å². The number of fused-ring (bicyclic) bond motifs is 1. The van der Waals surface area contributed by atoms with Crippen molar-refractivity contribution in [1.82, 2.24) is 10.6 Å². The number of rotatable bonds is 3. The highest BCUT2D eigenvalue weighted by Gasteiger charge is 2.35. The fourth-order valence-corrected chi connectivity index (χ4v) is 3.66. The van der Waals surface area contributed by atoms with Crippen LogP contribution in [0.3, 0.4) is 0 Å². The van der Waals surface area contributed by atoms with Crippen molar-refractivity contribution in [3.8, 4) is 0 Å². The summed E-state index contributed by atoms with van der Waals surface area (Å²) < 4.78 is 40.0. The molecular formula is C23H18F3N3O2. The SMILES string of the molecule is CC1=C(C(=O)Nc2ccccc2C(F)(F)F)[C@H](c2ccc3ccccc3c2)NC(=O)N1. The lowest BCUT2D eigenvalue weighted by atomic mass is 9.93. The molecule has 0 saturated carbocycles. The van der Waals surface area contributed by atoms with Crippen LogP contribution < -0.4 is 16.0 Å². The van der Waals surface area contributed by atoms with E-state index in [1.54, 1.807) is 6.07 Å². The summed E-state index contributed by atoms with van der Waals surface area (Å²) in [5, 5.41) is 9.48. The maximum Gasteiger partial charge on any atom is 0.418 e. The fourth-order valence-electron chi connectivity index (χ4n) is 3.66. The number of allylic oxidation sites excluding steroid dienone is 1. The van der Waals surface area contributed by atoms with Crippen LogP contribution in [0.4, 0.5) is 23.7 Å². The molecule has 3 amide bonds. The summed E-state index contributed by atoms with van der Waals surface area (Å²) in [6.45, 7) is 1.54. The van der Waals surface area contributed by atoms with E-state index in [9.17, 15) is 22.8 Å². The van der Waals surface area contributed by atoms with Gasteiger partial charge in [-0.05, 0) is 41.5 Å². The van der Waals surface area contributed by atoms with Gasteiger partial charge < -0.3 is 16.0 Å². The van der Waals surface area contributed by atoms with Crippen LogP contribution in [-0.4, -0.2) is 11.9 Å². The molecule has 1 atom stereocenters. The van der Waals surface area contributed by atoms with Gasteiger partial charge in [0.1, 0.15) is 0 Å². The van der Waals surface area contributed by atoms with Crippen LogP contribution >= 0.6 is 0 Å². The third-order valence-corrected chi connectivity index (χ3v) is 5.10. The lowest BCUT2D eigenvalue weighted by molar-refractivity contribution is -0.137. The molecule has 0 saturated heterocycles. The van der Waals surface area contributed by atoms with E-state index in [2.05, 4.69) is 16.0 Å². The van der Waals surface area contributed by atoms with E-state index in [0.717, 1.165) is 16.8 Å². The molecule has 8 heteroatoms. The first-order valence-corrected chi connectivity index (χ1v) is 9.48. The van der Waals surface area contributed by atoms with Gasteiger partial charge in [0.05, 0.1) is 22.9 Å². The van der Waals surface area contributed by atoms with Gasteiger partial charge in [0.25, 0.3) is 5.91 Å². The molecule has 3 aromatic rings. The molecule has 0 fully saturated rings. The Hall–Kier alpha value is -3.81. The molecule has 0 aliphatic carbocycles. The number of carbonyl (C=O) groups is 2. The van der Waals surface area contributed by atoms with Gasteiger partial charge in [0, 0.05) is 5.70 Å². The Kier molecular flexibility index (Phi) is 5.14. The molecule has 0 bridgehead atoms. The zero-order valence-corrected chi connectivity index (χ0v) is 16.4. The van der Waals surface area contributed by atoms with Gasteiger partial charge in [-0.15, -0.1) is 0 Å². The minimum Gasteiger partial charge on any atom is -0.327 e.